The molecule has 1 aromatic rings. The van der Waals surface area contributed by atoms with Crippen molar-refractivity contribution in [1.82, 2.24) is 5.32 Å². The van der Waals surface area contributed by atoms with Crippen LogP contribution in [0.5, 0.6) is 0 Å². The maximum atomic E-state index is 11.8. The summed E-state index contributed by atoms with van der Waals surface area (Å²) < 4.78 is 22.5. The van der Waals surface area contributed by atoms with E-state index in [1.54, 1.807) is 0 Å². The first-order valence-electron chi connectivity index (χ1n) is 10.6. The molecule has 2 aliphatic heterocycles. The van der Waals surface area contributed by atoms with Gasteiger partial charge in [0.2, 0.25) is 5.91 Å². The lowest BCUT2D eigenvalue weighted by molar-refractivity contribution is -0.349. The van der Waals surface area contributed by atoms with Crippen LogP contribution in [0.4, 0.5) is 0 Å². The third-order valence-corrected chi connectivity index (χ3v) is 5.62. The summed E-state index contributed by atoms with van der Waals surface area (Å²) in [6, 6.07) is 8.02. The number of benzene rings is 1. The molecule has 2 fully saturated rings. The van der Waals surface area contributed by atoms with E-state index in [-0.39, 0.29) is 6.61 Å². The lowest BCUT2D eigenvalue weighted by Gasteiger charge is -2.47. The molecule has 2 aliphatic rings. The summed E-state index contributed by atoms with van der Waals surface area (Å²) in [7, 11) is 0. The van der Waals surface area contributed by atoms with Crippen LogP contribution in [-0.4, -0.2) is 111 Å². The highest BCUT2D eigenvalue weighted by atomic mass is 16.7. The molecule has 0 aliphatic carbocycles. The van der Waals surface area contributed by atoms with Gasteiger partial charge >= 0.3 is 0 Å². The van der Waals surface area contributed by atoms with Crippen molar-refractivity contribution >= 4 is 5.91 Å². The topological polar surface area (TPSA) is 187 Å². The highest BCUT2D eigenvalue weighted by molar-refractivity contribution is 5.73. The van der Waals surface area contributed by atoms with E-state index in [4.69, 9.17) is 18.9 Å². The van der Waals surface area contributed by atoms with Crippen LogP contribution < -0.4 is 5.32 Å². The van der Waals surface area contributed by atoms with Crippen molar-refractivity contribution < 1.29 is 54.4 Å². The van der Waals surface area contributed by atoms with Crippen LogP contribution >= 0.6 is 0 Å². The summed E-state index contributed by atoms with van der Waals surface area (Å²) >= 11 is 0. The van der Waals surface area contributed by atoms with Gasteiger partial charge in [0, 0.05) is 6.92 Å². The van der Waals surface area contributed by atoms with Gasteiger partial charge < -0.3 is 54.9 Å². The number of carbonyl (C=O) groups is 1. The summed E-state index contributed by atoms with van der Waals surface area (Å²) in [5.41, 5.74) is 0.817. The molecule has 12 nitrogen and oxygen atoms in total. The summed E-state index contributed by atoms with van der Waals surface area (Å²) in [4.78, 5) is 11.8. The standard InChI is InChI=1S/C21H31NO11/c1-10(25)22-14-16(27)19(33-21-18(29)17(28)15(26)12(7-23)31-21)13(8-24)32-20(14)30-9-11-5-3-2-4-6-11/h2-6,12-21,23-24,26-29H,7-9H2,1H3,(H,22,25). The molecular weight excluding hydrogens is 442 g/mol. The van der Waals surface area contributed by atoms with Crippen molar-refractivity contribution in [1.29, 1.82) is 0 Å². The quantitative estimate of drug-likeness (QED) is 0.203. The van der Waals surface area contributed by atoms with Crippen molar-refractivity contribution in [2.75, 3.05) is 13.2 Å². The zero-order chi connectivity index (χ0) is 24.1. The Morgan fingerprint density at radius 1 is 0.909 bits per heavy atom. The average molecular weight is 473 g/mol. The number of aliphatic hydroxyl groups excluding tert-OH is 6. The molecule has 1 aromatic carbocycles. The van der Waals surface area contributed by atoms with Crippen LogP contribution in [0.2, 0.25) is 0 Å². The van der Waals surface area contributed by atoms with Gasteiger partial charge in [-0.2, -0.15) is 0 Å². The van der Waals surface area contributed by atoms with E-state index in [1.807, 2.05) is 30.3 Å². The average Bonchev–Trinajstić information content (AvgIpc) is 2.81. The monoisotopic (exact) mass is 473 g/mol. The Morgan fingerprint density at radius 2 is 1.55 bits per heavy atom. The van der Waals surface area contributed by atoms with Gasteiger partial charge in [0.05, 0.1) is 19.8 Å². The third kappa shape index (κ3) is 6.05. The molecule has 0 saturated carbocycles. The summed E-state index contributed by atoms with van der Waals surface area (Å²) in [6.07, 6.45) is -12.9. The smallest absolute Gasteiger partial charge is 0.217 e. The van der Waals surface area contributed by atoms with E-state index >= 15 is 0 Å². The molecule has 3 rings (SSSR count). The fourth-order valence-corrected chi connectivity index (χ4v) is 3.85. The van der Waals surface area contributed by atoms with E-state index in [0.717, 1.165) is 5.56 Å². The minimum atomic E-state index is -1.72. The normalized spacial score (nSPS) is 39.2. The maximum absolute atomic E-state index is 11.8. The SMILES string of the molecule is CC(=O)NC1C(OCc2ccccc2)OC(CO)C(OC2OC(CO)C(O)C(O)C2O)C1O. The van der Waals surface area contributed by atoms with Crippen LogP contribution in [0.25, 0.3) is 0 Å². The first kappa shape index (κ1) is 25.9. The molecule has 7 N–H and O–H groups in total. The maximum Gasteiger partial charge on any atom is 0.217 e. The number of amides is 1. The zero-order valence-corrected chi connectivity index (χ0v) is 18.0. The summed E-state index contributed by atoms with van der Waals surface area (Å²) in [6.45, 7) is 0.0657. The Hall–Kier alpha value is -1.71. The van der Waals surface area contributed by atoms with Crippen LogP contribution in [-0.2, 0) is 30.3 Å². The second kappa shape index (κ2) is 11.6. The van der Waals surface area contributed by atoms with Crippen molar-refractivity contribution in [3.8, 4) is 0 Å². The fraction of sp³-hybridized carbons (Fsp3) is 0.667. The van der Waals surface area contributed by atoms with Gasteiger partial charge in [-0.3, -0.25) is 4.79 Å². The minimum Gasteiger partial charge on any atom is -0.394 e. The van der Waals surface area contributed by atoms with Crippen LogP contribution in [0, 0.1) is 0 Å². The molecule has 0 radical (unpaired) electrons. The molecule has 33 heavy (non-hydrogen) atoms. The van der Waals surface area contributed by atoms with Gasteiger partial charge in [-0.05, 0) is 5.56 Å². The number of nitrogens with one attached hydrogen (secondary N) is 1. The molecule has 10 atom stereocenters. The first-order chi connectivity index (χ1) is 15.8. The molecule has 0 spiro atoms. The van der Waals surface area contributed by atoms with Crippen molar-refractivity contribution in [2.45, 2.75) is 74.9 Å². The zero-order valence-electron chi connectivity index (χ0n) is 18.0. The van der Waals surface area contributed by atoms with Gasteiger partial charge in [-0.15, -0.1) is 0 Å². The van der Waals surface area contributed by atoms with Crippen LogP contribution in [0.15, 0.2) is 30.3 Å². The lowest BCUT2D eigenvalue weighted by Crippen LogP contribution is -2.67. The predicted molar refractivity (Wildman–Crippen MR) is 109 cm³/mol. The molecule has 12 heteroatoms. The number of hydrogen-bond donors (Lipinski definition) is 7. The Bertz CT molecular complexity index is 751. The molecule has 0 bridgehead atoms. The van der Waals surface area contributed by atoms with Gasteiger partial charge in [0.1, 0.15) is 48.8 Å². The van der Waals surface area contributed by atoms with Gasteiger partial charge in [0.25, 0.3) is 0 Å². The highest BCUT2D eigenvalue weighted by Crippen LogP contribution is 2.30. The van der Waals surface area contributed by atoms with Crippen molar-refractivity contribution in [3.63, 3.8) is 0 Å². The fourth-order valence-electron chi connectivity index (χ4n) is 3.85. The molecule has 0 aromatic heterocycles. The second-order valence-corrected chi connectivity index (χ2v) is 8.04. The molecule has 186 valence electrons. The molecular formula is C21H31NO11. The van der Waals surface area contributed by atoms with Crippen LogP contribution in [0.3, 0.4) is 0 Å². The predicted octanol–water partition coefficient (Wildman–Crippen LogP) is -3.03. The number of ether oxygens (including phenoxy) is 4. The van der Waals surface area contributed by atoms with Gasteiger partial charge in [-0.1, -0.05) is 30.3 Å². The van der Waals surface area contributed by atoms with Crippen molar-refractivity contribution in [3.05, 3.63) is 35.9 Å². The lowest BCUT2D eigenvalue weighted by atomic mass is 9.95. The molecule has 2 saturated heterocycles. The number of hydrogen-bond acceptors (Lipinski definition) is 11. The van der Waals surface area contributed by atoms with E-state index in [1.165, 1.54) is 6.92 Å². The number of rotatable bonds is 8. The van der Waals surface area contributed by atoms with Gasteiger partial charge in [-0.25, -0.2) is 0 Å². The van der Waals surface area contributed by atoms with E-state index < -0.39 is 80.5 Å². The molecule has 1 amide bonds. The third-order valence-electron chi connectivity index (χ3n) is 5.62. The van der Waals surface area contributed by atoms with E-state index in [9.17, 15) is 35.4 Å². The molecule has 2 heterocycles. The molecule has 10 unspecified atom stereocenters. The van der Waals surface area contributed by atoms with E-state index in [0.29, 0.717) is 0 Å². The summed E-state index contributed by atoms with van der Waals surface area (Å²) in [5.74, 6) is -0.481. The second-order valence-electron chi connectivity index (χ2n) is 8.04. The number of aliphatic hydroxyl groups is 6. The summed E-state index contributed by atoms with van der Waals surface area (Å²) in [5, 5.41) is 62.9. The minimum absolute atomic E-state index is 0.102. The Labute approximate surface area is 190 Å². The highest BCUT2D eigenvalue weighted by Gasteiger charge is 2.51. The van der Waals surface area contributed by atoms with E-state index in [2.05, 4.69) is 5.32 Å². The Morgan fingerprint density at radius 3 is 2.15 bits per heavy atom. The first-order valence-corrected chi connectivity index (χ1v) is 10.6. The Kier molecular flexibility index (Phi) is 9.12. The van der Waals surface area contributed by atoms with Gasteiger partial charge in [0.15, 0.2) is 12.6 Å². The van der Waals surface area contributed by atoms with Crippen molar-refractivity contribution in [2.24, 2.45) is 0 Å². The van der Waals surface area contributed by atoms with Crippen LogP contribution in [0.1, 0.15) is 12.5 Å². The Balaban J connectivity index is 1.76. The number of carbonyl (C=O) groups excluding carboxylic acids is 1. The largest absolute Gasteiger partial charge is 0.394 e.